The maximum absolute atomic E-state index is 12.1. The van der Waals surface area contributed by atoms with Gasteiger partial charge in [0.2, 0.25) is 11.9 Å². The number of phenolic OH excluding ortho intramolecular Hbond substituents is 1. The lowest BCUT2D eigenvalue weighted by Gasteiger charge is -2.19. The molecule has 1 amide bonds. The number of hydrogen-bond donors (Lipinski definition) is 8. The van der Waals surface area contributed by atoms with Crippen LogP contribution < -0.4 is 21.5 Å². The van der Waals surface area contributed by atoms with Crippen LogP contribution in [0.4, 0.5) is 34.9 Å². The van der Waals surface area contributed by atoms with Crippen LogP contribution in [0.5, 0.6) is 5.75 Å². The van der Waals surface area contributed by atoms with Crippen LogP contribution in [-0.2, 0) is 24.3 Å². The van der Waals surface area contributed by atoms with Gasteiger partial charge in [-0.15, -0.1) is 14.6 Å². The first-order valence-electron chi connectivity index (χ1n) is 11.8. The lowest BCUT2D eigenvalue weighted by molar-refractivity contribution is -0.432. The number of aromatic carboxylic acids is 1. The van der Waals surface area contributed by atoms with Crippen molar-refractivity contribution in [1.82, 2.24) is 15.0 Å². The molecule has 0 bridgehead atoms. The number of rotatable bonds is 12. The molecule has 1 heterocycles. The summed E-state index contributed by atoms with van der Waals surface area (Å²) >= 11 is 0.369. The van der Waals surface area contributed by atoms with Crippen molar-refractivity contribution in [3.8, 4) is 5.75 Å². The SMILES string of the molecule is [3H]C(=O)N=Nc1nc(NC)nc(Nc2cc(S(=O)(=O)O)cc3cc(SOOO)c(NNc4ccccc4C(=O)O)c(O)c23)n1. The standard InChI is InChI=1S/C22H19N9O10S2/c1-23-20-26-21(28-22(27-20)31-24-9-32)25-14-8-11(43(37,38)39)6-10-7-15(42-41-40-36)17(18(33)16(10)14)30-29-13-5-3-2-4-12(13)19(34)35/h2-9,29-30,33,36H,1H3,(H,34,35)(H,37,38,39)(H2,23,25,26,27,28)/i9T. The van der Waals surface area contributed by atoms with Crippen LogP contribution in [0.3, 0.4) is 0 Å². The fraction of sp³-hybridized carbons (Fsp3) is 0.0455. The highest BCUT2D eigenvalue weighted by molar-refractivity contribution is 7.94. The molecular formula is C22H19N9O10S2. The lowest BCUT2D eigenvalue weighted by atomic mass is 10.1. The number of carbonyl (C=O) groups excluding carboxylic acids is 1. The normalized spacial score (nSPS) is 11.7. The summed E-state index contributed by atoms with van der Waals surface area (Å²) in [5, 5.41) is 45.0. The van der Waals surface area contributed by atoms with Gasteiger partial charge in [0, 0.05) is 12.4 Å². The van der Waals surface area contributed by atoms with Crippen LogP contribution in [0.1, 0.15) is 11.7 Å². The number of benzene rings is 3. The Morgan fingerprint density at radius 2 is 1.86 bits per heavy atom. The first-order chi connectivity index (χ1) is 20.9. The average Bonchev–Trinajstić information content (AvgIpc) is 2.97. The number of para-hydroxylation sites is 1. The highest BCUT2D eigenvalue weighted by atomic mass is 32.2. The van der Waals surface area contributed by atoms with E-state index < -0.39 is 39.1 Å². The van der Waals surface area contributed by atoms with Crippen LogP contribution in [0.15, 0.2) is 62.5 Å². The molecule has 1 aromatic heterocycles. The molecule has 0 spiro atoms. The molecule has 0 fully saturated rings. The number of aromatic nitrogens is 3. The van der Waals surface area contributed by atoms with Gasteiger partial charge in [0.15, 0.2) is 5.75 Å². The van der Waals surface area contributed by atoms with Crippen molar-refractivity contribution >= 4 is 80.2 Å². The second-order valence-corrected chi connectivity index (χ2v) is 10.1. The third kappa shape index (κ3) is 7.18. The van der Waals surface area contributed by atoms with Crippen molar-refractivity contribution in [3.05, 3.63) is 48.0 Å². The number of carboxylic acids is 1. The van der Waals surface area contributed by atoms with Gasteiger partial charge in [-0.2, -0.15) is 23.4 Å². The van der Waals surface area contributed by atoms with E-state index in [2.05, 4.69) is 56.0 Å². The van der Waals surface area contributed by atoms with Crippen LogP contribution in [0, 0.1) is 0 Å². The molecule has 3 aromatic carbocycles. The summed E-state index contributed by atoms with van der Waals surface area (Å²) in [4.78, 5) is 33.8. The first-order valence-corrected chi connectivity index (χ1v) is 13.5. The van der Waals surface area contributed by atoms with Crippen molar-refractivity contribution in [2.75, 3.05) is 28.5 Å². The number of phenols is 1. The minimum atomic E-state index is -4.83. The number of carboxylic acid groups (broad SMARTS) is 1. The van der Waals surface area contributed by atoms with Gasteiger partial charge in [-0.05, 0) is 35.7 Å². The van der Waals surface area contributed by atoms with Crippen LogP contribution >= 0.6 is 12.0 Å². The summed E-state index contributed by atoms with van der Waals surface area (Å²) in [6.07, 6.45) is -1.38. The first kappa shape index (κ1) is 29.3. The number of hydrogen-bond acceptors (Lipinski definition) is 17. The molecule has 21 heteroatoms. The summed E-state index contributed by atoms with van der Waals surface area (Å²) in [6.45, 7) is 0. The maximum Gasteiger partial charge on any atom is 0.337 e. The molecule has 224 valence electrons. The van der Waals surface area contributed by atoms with E-state index in [0.717, 1.165) is 12.1 Å². The zero-order chi connectivity index (χ0) is 32.0. The highest BCUT2D eigenvalue weighted by Crippen LogP contribution is 2.45. The van der Waals surface area contributed by atoms with Crippen LogP contribution in [0.25, 0.3) is 10.8 Å². The molecule has 0 aliphatic rings. The van der Waals surface area contributed by atoms with Gasteiger partial charge < -0.3 is 20.8 Å². The summed E-state index contributed by atoms with van der Waals surface area (Å²) < 4.78 is 45.4. The molecule has 0 radical (unpaired) electrons. The molecule has 19 nitrogen and oxygen atoms in total. The molecule has 8 N–H and O–H groups in total. The average molecular weight is 636 g/mol. The zero-order valence-electron chi connectivity index (χ0n) is 22.3. The van der Waals surface area contributed by atoms with E-state index in [-0.39, 0.29) is 50.2 Å². The van der Waals surface area contributed by atoms with Crippen molar-refractivity contribution < 1.29 is 48.8 Å². The third-order valence-electron chi connectivity index (χ3n) is 5.35. The zero-order valence-corrected chi connectivity index (χ0v) is 23.0. The Hall–Kier alpha value is -5.19. The highest BCUT2D eigenvalue weighted by Gasteiger charge is 2.22. The van der Waals surface area contributed by atoms with E-state index in [4.69, 9.17) is 6.63 Å². The maximum atomic E-state index is 12.1. The molecule has 0 aliphatic carbocycles. The van der Waals surface area contributed by atoms with Crippen molar-refractivity contribution in [3.63, 3.8) is 0 Å². The topological polar surface area (TPSA) is 279 Å². The Labute approximate surface area is 246 Å². The fourth-order valence-corrected chi connectivity index (χ4v) is 4.68. The summed E-state index contributed by atoms with van der Waals surface area (Å²) in [5.41, 5.74) is 4.92. The number of carbonyl (C=O) groups is 2. The number of aromatic hydroxyl groups is 1. The number of azo groups is 1. The quantitative estimate of drug-likeness (QED) is 0.0210. The molecule has 0 unspecified atom stereocenters. The van der Waals surface area contributed by atoms with Gasteiger partial charge >= 0.3 is 5.97 Å². The fourth-order valence-electron chi connectivity index (χ4n) is 3.63. The molecule has 0 atom stereocenters. The monoisotopic (exact) mass is 635 g/mol. The molecule has 0 saturated carbocycles. The van der Waals surface area contributed by atoms with Crippen molar-refractivity contribution in [2.45, 2.75) is 9.79 Å². The van der Waals surface area contributed by atoms with Gasteiger partial charge in [-0.3, -0.25) is 20.2 Å². The van der Waals surface area contributed by atoms with Gasteiger partial charge in [-0.25, -0.2) is 10.1 Å². The summed E-state index contributed by atoms with van der Waals surface area (Å²) in [5.74, 6) is -2.65. The summed E-state index contributed by atoms with van der Waals surface area (Å²) in [7, 11) is -3.38. The van der Waals surface area contributed by atoms with Crippen molar-refractivity contribution in [1.29, 1.82) is 0 Å². The Kier molecular flexibility index (Phi) is 8.99. The Balaban J connectivity index is 1.91. The molecule has 4 rings (SSSR count). The van der Waals surface area contributed by atoms with Crippen molar-refractivity contribution in [2.24, 2.45) is 10.2 Å². The minimum absolute atomic E-state index is 0.0109. The number of hydrazine groups is 1. The smallest absolute Gasteiger partial charge is 0.337 e. The van der Waals surface area contributed by atoms with E-state index in [0.29, 0.717) is 12.0 Å². The number of nitrogens with one attached hydrogen (secondary N) is 4. The van der Waals surface area contributed by atoms with Gasteiger partial charge in [0.25, 0.3) is 22.5 Å². The van der Waals surface area contributed by atoms with Gasteiger partial charge in [0.05, 0.1) is 38.8 Å². The predicted octanol–water partition coefficient (Wildman–Crippen LogP) is 3.57. The second-order valence-electron chi connectivity index (χ2n) is 7.92. The molecular weight excluding hydrogens is 614 g/mol. The van der Waals surface area contributed by atoms with E-state index in [9.17, 15) is 32.8 Å². The van der Waals surface area contributed by atoms with Crippen LogP contribution in [0.2, 0.25) is 0 Å². The third-order valence-corrected chi connectivity index (χ3v) is 6.82. The molecule has 4 aromatic rings. The molecule has 0 saturated heterocycles. The van der Waals surface area contributed by atoms with E-state index >= 15 is 0 Å². The number of fused-ring (bicyclic) bond motifs is 1. The minimum Gasteiger partial charge on any atom is -0.505 e. The lowest BCUT2D eigenvalue weighted by Crippen LogP contribution is -2.13. The predicted molar refractivity (Wildman–Crippen MR) is 150 cm³/mol. The number of amides is 1. The Morgan fingerprint density at radius 1 is 1.12 bits per heavy atom. The largest absolute Gasteiger partial charge is 0.505 e. The Bertz CT molecular complexity index is 1900. The second kappa shape index (κ2) is 13.2. The van der Waals surface area contributed by atoms with Crippen LogP contribution in [-0.4, -0.2) is 62.8 Å². The number of nitrogens with zero attached hydrogens (tertiary/aromatic N) is 5. The van der Waals surface area contributed by atoms with E-state index in [1.807, 2.05) is 0 Å². The molecule has 0 aliphatic heterocycles. The van der Waals surface area contributed by atoms with E-state index in [1.54, 1.807) is 6.07 Å². The van der Waals surface area contributed by atoms with Gasteiger partial charge in [0.1, 0.15) is 7.06 Å². The van der Waals surface area contributed by atoms with E-state index in [1.165, 1.54) is 31.3 Å². The van der Waals surface area contributed by atoms with Gasteiger partial charge in [-0.1, -0.05) is 17.2 Å². The Morgan fingerprint density at radius 3 is 2.53 bits per heavy atom. The summed E-state index contributed by atoms with van der Waals surface area (Å²) in [6, 6.07) is 9.05. The number of anilines is 5. The molecule has 43 heavy (non-hydrogen) atoms.